The van der Waals surface area contributed by atoms with Crippen LogP contribution in [-0.2, 0) is 23.0 Å². The van der Waals surface area contributed by atoms with Crippen molar-refractivity contribution in [1.82, 2.24) is 9.88 Å². The van der Waals surface area contributed by atoms with E-state index in [2.05, 4.69) is 22.0 Å². The van der Waals surface area contributed by atoms with Crippen LogP contribution in [0.4, 0.5) is 0 Å². The van der Waals surface area contributed by atoms with E-state index < -0.39 is 6.04 Å². The number of methoxy groups -OCH3 is 1. The van der Waals surface area contributed by atoms with Crippen LogP contribution in [-0.4, -0.2) is 29.7 Å². The first-order valence-electron chi connectivity index (χ1n) is 6.07. The third-order valence-corrected chi connectivity index (χ3v) is 3.37. The Labute approximate surface area is 117 Å². The quantitative estimate of drug-likeness (QED) is 0.518. The summed E-state index contributed by atoms with van der Waals surface area (Å²) in [6.45, 7) is 0. The van der Waals surface area contributed by atoms with Gasteiger partial charge >= 0.3 is 5.97 Å². The molecular formula is C14H17ClN2O2. The number of nitrogens with one attached hydrogen (secondary N) is 1. The number of halogens is 1. The minimum atomic E-state index is -0.423. The highest BCUT2D eigenvalue weighted by Gasteiger charge is 2.20. The van der Waals surface area contributed by atoms with Gasteiger partial charge < -0.3 is 9.30 Å². The van der Waals surface area contributed by atoms with Crippen molar-refractivity contribution in [1.29, 1.82) is 0 Å². The lowest BCUT2D eigenvalue weighted by molar-refractivity contribution is -0.143. The fourth-order valence-corrected chi connectivity index (χ4v) is 2.47. The third-order valence-electron chi connectivity index (χ3n) is 3.21. The Hall–Kier alpha value is -1.52. The number of aromatic nitrogens is 1. The van der Waals surface area contributed by atoms with Gasteiger partial charge in [-0.25, -0.2) is 0 Å². The number of carbonyl (C=O) groups is 1. The lowest BCUT2D eigenvalue weighted by atomic mass is 10.1. The van der Waals surface area contributed by atoms with Crippen molar-refractivity contribution in [2.24, 2.45) is 7.05 Å². The molecule has 1 aromatic carbocycles. The Balaban J connectivity index is 2.31. The molecule has 0 fully saturated rings. The van der Waals surface area contributed by atoms with E-state index >= 15 is 0 Å². The molecule has 0 aliphatic carbocycles. The average Bonchev–Trinajstić information content (AvgIpc) is 2.75. The van der Waals surface area contributed by atoms with Crippen LogP contribution in [0.5, 0.6) is 0 Å². The molecule has 1 heterocycles. The highest BCUT2D eigenvalue weighted by Crippen LogP contribution is 2.21. The van der Waals surface area contributed by atoms with Gasteiger partial charge in [0.25, 0.3) is 0 Å². The molecule has 1 aromatic heterocycles. The maximum absolute atomic E-state index is 11.7. The Morgan fingerprint density at radius 1 is 1.47 bits per heavy atom. The highest BCUT2D eigenvalue weighted by atomic mass is 35.5. The molecule has 2 aromatic rings. The summed E-state index contributed by atoms with van der Waals surface area (Å²) >= 11 is 5.66. The predicted octanol–water partition coefficient (Wildman–Crippen LogP) is 2.05. The van der Waals surface area contributed by atoms with Crippen LogP contribution in [0, 0.1) is 0 Å². The van der Waals surface area contributed by atoms with Crippen LogP contribution in [0.25, 0.3) is 10.9 Å². The van der Waals surface area contributed by atoms with E-state index in [1.54, 1.807) is 0 Å². The van der Waals surface area contributed by atoms with Gasteiger partial charge in [0.05, 0.1) is 13.1 Å². The molecule has 0 aliphatic heterocycles. The van der Waals surface area contributed by atoms with Gasteiger partial charge in [-0.3, -0.25) is 10.1 Å². The number of benzene rings is 1. The SMILES string of the molecule is COC(=O)[C@@H](Cc1cn(C)c2ccccc12)NCCl. The Kier molecular flexibility index (Phi) is 4.45. The number of fused-ring (bicyclic) bond motifs is 1. The van der Waals surface area contributed by atoms with Gasteiger partial charge in [-0.1, -0.05) is 18.2 Å². The maximum atomic E-state index is 11.7. The first kappa shape index (κ1) is 13.9. The largest absolute Gasteiger partial charge is 0.468 e. The number of alkyl halides is 1. The van der Waals surface area contributed by atoms with Crippen LogP contribution >= 0.6 is 11.6 Å². The molecule has 0 amide bonds. The van der Waals surface area contributed by atoms with Crippen LogP contribution in [0.3, 0.4) is 0 Å². The number of aryl methyl sites for hydroxylation is 1. The Morgan fingerprint density at radius 3 is 2.89 bits per heavy atom. The first-order chi connectivity index (χ1) is 9.17. The monoisotopic (exact) mass is 280 g/mol. The van der Waals surface area contributed by atoms with Crippen molar-refractivity contribution in [3.63, 3.8) is 0 Å². The van der Waals surface area contributed by atoms with Crippen molar-refractivity contribution in [3.8, 4) is 0 Å². The highest BCUT2D eigenvalue weighted by molar-refractivity contribution is 6.17. The minimum Gasteiger partial charge on any atom is -0.468 e. The second-order valence-corrected chi connectivity index (χ2v) is 4.67. The Bertz CT molecular complexity index is 580. The van der Waals surface area contributed by atoms with E-state index in [0.29, 0.717) is 6.42 Å². The normalized spacial score (nSPS) is 12.6. The predicted molar refractivity (Wildman–Crippen MR) is 76.3 cm³/mol. The van der Waals surface area contributed by atoms with E-state index in [0.717, 1.165) is 16.5 Å². The molecule has 0 saturated carbocycles. The van der Waals surface area contributed by atoms with Crippen molar-refractivity contribution < 1.29 is 9.53 Å². The summed E-state index contributed by atoms with van der Waals surface area (Å²) in [5.74, 6) is -0.298. The summed E-state index contributed by atoms with van der Waals surface area (Å²) in [6, 6.07) is 7.90. The Morgan fingerprint density at radius 2 is 2.21 bits per heavy atom. The first-order valence-corrected chi connectivity index (χ1v) is 6.61. The summed E-state index contributed by atoms with van der Waals surface area (Å²) in [6.07, 6.45) is 2.59. The number of ether oxygens (including phenoxy) is 1. The van der Waals surface area contributed by atoms with E-state index in [-0.39, 0.29) is 12.0 Å². The van der Waals surface area contributed by atoms with Gasteiger partial charge in [-0.05, 0) is 11.6 Å². The molecule has 1 atom stereocenters. The van der Waals surface area contributed by atoms with Gasteiger partial charge in [-0.2, -0.15) is 0 Å². The zero-order valence-electron chi connectivity index (χ0n) is 11.0. The molecule has 4 nitrogen and oxygen atoms in total. The molecule has 0 unspecified atom stereocenters. The molecule has 0 saturated heterocycles. The van der Waals surface area contributed by atoms with Crippen LogP contribution in [0.2, 0.25) is 0 Å². The lowest BCUT2D eigenvalue weighted by Crippen LogP contribution is -2.38. The van der Waals surface area contributed by atoms with E-state index in [1.165, 1.54) is 7.11 Å². The van der Waals surface area contributed by atoms with Gasteiger partial charge in [0.15, 0.2) is 0 Å². The molecule has 1 N–H and O–H groups in total. The van der Waals surface area contributed by atoms with Gasteiger partial charge in [0.2, 0.25) is 0 Å². The third kappa shape index (κ3) is 2.91. The molecule has 0 spiro atoms. The van der Waals surface area contributed by atoms with Crippen molar-refractivity contribution >= 4 is 28.5 Å². The van der Waals surface area contributed by atoms with Crippen molar-refractivity contribution in [2.75, 3.05) is 13.1 Å². The summed E-state index contributed by atoms with van der Waals surface area (Å²) < 4.78 is 6.84. The summed E-state index contributed by atoms with van der Waals surface area (Å²) in [7, 11) is 3.38. The molecule has 2 rings (SSSR count). The van der Waals surface area contributed by atoms with Gasteiger partial charge in [0, 0.05) is 30.6 Å². The van der Waals surface area contributed by atoms with Gasteiger partial charge in [0.1, 0.15) is 6.04 Å². The fraction of sp³-hybridized carbons (Fsp3) is 0.357. The lowest BCUT2D eigenvalue weighted by Gasteiger charge is -2.14. The number of nitrogens with zero attached hydrogens (tertiary/aromatic N) is 1. The number of rotatable bonds is 5. The number of esters is 1. The second kappa shape index (κ2) is 6.08. The van der Waals surface area contributed by atoms with Crippen molar-refractivity contribution in [3.05, 3.63) is 36.0 Å². The van der Waals surface area contributed by atoms with Crippen LogP contribution < -0.4 is 5.32 Å². The molecule has 0 bridgehead atoms. The number of hydrogen-bond acceptors (Lipinski definition) is 3. The molecule has 5 heteroatoms. The summed E-state index contributed by atoms with van der Waals surface area (Å²) in [5.41, 5.74) is 2.25. The van der Waals surface area contributed by atoms with E-state index in [9.17, 15) is 4.79 Å². The molecular weight excluding hydrogens is 264 g/mol. The molecule has 102 valence electrons. The zero-order chi connectivity index (χ0) is 13.8. The number of carbonyl (C=O) groups excluding carboxylic acids is 1. The van der Waals surface area contributed by atoms with Crippen LogP contribution in [0.15, 0.2) is 30.5 Å². The zero-order valence-corrected chi connectivity index (χ0v) is 11.8. The van der Waals surface area contributed by atoms with Crippen molar-refractivity contribution in [2.45, 2.75) is 12.5 Å². The average molecular weight is 281 g/mol. The summed E-state index contributed by atoms with van der Waals surface area (Å²) in [4.78, 5) is 11.7. The number of hydrogen-bond donors (Lipinski definition) is 1. The van der Waals surface area contributed by atoms with E-state index in [1.807, 2.05) is 25.4 Å². The topological polar surface area (TPSA) is 43.3 Å². The van der Waals surface area contributed by atoms with E-state index in [4.69, 9.17) is 16.3 Å². The second-order valence-electron chi connectivity index (χ2n) is 4.40. The molecule has 0 radical (unpaired) electrons. The minimum absolute atomic E-state index is 0.213. The number of para-hydroxylation sites is 1. The summed E-state index contributed by atoms with van der Waals surface area (Å²) in [5, 5.41) is 4.09. The van der Waals surface area contributed by atoms with Gasteiger partial charge in [-0.15, -0.1) is 11.6 Å². The maximum Gasteiger partial charge on any atom is 0.323 e. The fourth-order valence-electron chi connectivity index (χ4n) is 2.28. The molecule has 19 heavy (non-hydrogen) atoms. The van der Waals surface area contributed by atoms with Crippen LogP contribution in [0.1, 0.15) is 5.56 Å². The molecule has 0 aliphatic rings. The standard InChI is InChI=1S/C14H17ClN2O2/c1-17-8-10(11-5-3-4-6-13(11)17)7-12(16-9-15)14(18)19-2/h3-6,8,12,16H,7,9H2,1-2H3/t12-/m1/s1. The smallest absolute Gasteiger partial charge is 0.323 e.